The number of nitrogens with zero attached hydrogens (tertiary/aromatic N) is 3. The smallest absolute Gasteiger partial charge is 0.328 e. The van der Waals surface area contributed by atoms with E-state index in [1.165, 1.54) is 11.8 Å². The van der Waals surface area contributed by atoms with E-state index in [9.17, 15) is 9.59 Å². The van der Waals surface area contributed by atoms with Gasteiger partial charge in [-0.3, -0.25) is 9.59 Å². The predicted molar refractivity (Wildman–Crippen MR) is 110 cm³/mol. The van der Waals surface area contributed by atoms with Crippen LogP contribution < -0.4 is 10.9 Å². The molecule has 0 fully saturated rings. The van der Waals surface area contributed by atoms with Gasteiger partial charge in [0.2, 0.25) is 5.89 Å². The Morgan fingerprint density at radius 2 is 1.90 bits per heavy atom. The molecule has 2 aromatic carbocycles. The number of nitrogens with one attached hydrogen (secondary N) is 1. The molecule has 146 valence electrons. The van der Waals surface area contributed by atoms with Crippen LogP contribution in [-0.2, 0) is 0 Å². The average molecular weight is 388 g/mol. The van der Waals surface area contributed by atoms with Crippen molar-refractivity contribution in [2.45, 2.75) is 26.7 Å². The van der Waals surface area contributed by atoms with Crippen molar-refractivity contribution in [2.75, 3.05) is 5.32 Å². The highest BCUT2D eigenvalue weighted by Gasteiger charge is 2.16. The maximum atomic E-state index is 12.7. The third-order valence-electron chi connectivity index (χ3n) is 4.64. The van der Waals surface area contributed by atoms with Gasteiger partial charge in [-0.15, -0.1) is 9.61 Å². The Labute approximate surface area is 167 Å². The molecule has 0 unspecified atom stereocenters. The number of carbonyl (C=O) groups excluding carboxylic acids is 1. The molecule has 0 bridgehead atoms. The highest BCUT2D eigenvalue weighted by atomic mass is 16.4. The summed E-state index contributed by atoms with van der Waals surface area (Å²) in [5.41, 5.74) is 2.87. The number of rotatable bonds is 4. The van der Waals surface area contributed by atoms with Crippen molar-refractivity contribution in [3.05, 3.63) is 81.8 Å². The van der Waals surface area contributed by atoms with Crippen molar-refractivity contribution in [1.29, 1.82) is 0 Å². The van der Waals surface area contributed by atoms with E-state index in [4.69, 9.17) is 4.42 Å². The molecule has 2 aromatic heterocycles. The molecule has 0 aliphatic rings. The molecule has 0 saturated heterocycles. The van der Waals surface area contributed by atoms with Crippen LogP contribution >= 0.6 is 0 Å². The fourth-order valence-electron chi connectivity index (χ4n) is 2.98. The molecule has 7 heteroatoms. The molecule has 29 heavy (non-hydrogen) atoms. The number of aromatic nitrogens is 3. The first-order chi connectivity index (χ1) is 13.9. The Morgan fingerprint density at radius 3 is 2.59 bits per heavy atom. The van der Waals surface area contributed by atoms with Crippen LogP contribution in [0.15, 0.2) is 63.9 Å². The van der Waals surface area contributed by atoms with Crippen molar-refractivity contribution >= 4 is 17.4 Å². The van der Waals surface area contributed by atoms with E-state index in [1.807, 2.05) is 37.3 Å². The molecule has 0 aliphatic carbocycles. The second kappa shape index (κ2) is 7.35. The van der Waals surface area contributed by atoms with Crippen LogP contribution in [0.4, 0.5) is 5.69 Å². The summed E-state index contributed by atoms with van der Waals surface area (Å²) >= 11 is 0. The van der Waals surface area contributed by atoms with E-state index in [0.29, 0.717) is 11.5 Å². The van der Waals surface area contributed by atoms with Gasteiger partial charge >= 0.3 is 11.4 Å². The monoisotopic (exact) mass is 388 g/mol. The fourth-order valence-corrected chi connectivity index (χ4v) is 2.98. The maximum Gasteiger partial charge on any atom is 0.328 e. The van der Waals surface area contributed by atoms with Crippen molar-refractivity contribution in [1.82, 2.24) is 14.6 Å². The molecule has 0 saturated carbocycles. The molecule has 4 rings (SSSR count). The van der Waals surface area contributed by atoms with Gasteiger partial charge in [-0.2, -0.15) is 0 Å². The van der Waals surface area contributed by atoms with Crippen LogP contribution in [-0.4, -0.2) is 20.5 Å². The number of aryl methyl sites for hydroxylation is 1. The Kier molecular flexibility index (Phi) is 4.72. The van der Waals surface area contributed by atoms with Gasteiger partial charge in [-0.25, -0.2) is 4.98 Å². The summed E-state index contributed by atoms with van der Waals surface area (Å²) in [4.78, 5) is 29.3. The summed E-state index contributed by atoms with van der Waals surface area (Å²) < 4.78 is 6.68. The van der Waals surface area contributed by atoms with Crippen LogP contribution in [0, 0.1) is 6.92 Å². The minimum atomic E-state index is -0.509. The number of hydrogen-bond acceptors (Lipinski definition) is 5. The van der Waals surface area contributed by atoms with Crippen LogP contribution in [0.2, 0.25) is 0 Å². The number of hydrogen-bond donors (Lipinski definition) is 1. The van der Waals surface area contributed by atoms with E-state index < -0.39 is 5.56 Å². The summed E-state index contributed by atoms with van der Waals surface area (Å²) in [6.45, 7) is 6.12. The Morgan fingerprint density at radius 1 is 1.14 bits per heavy atom. The Bertz CT molecular complexity index is 1250. The highest BCUT2D eigenvalue weighted by molar-refractivity contribution is 6.04. The largest absolute Gasteiger partial charge is 0.403 e. The lowest BCUT2D eigenvalue weighted by Gasteiger charge is -2.04. The van der Waals surface area contributed by atoms with Crippen LogP contribution in [0.25, 0.3) is 17.3 Å². The van der Waals surface area contributed by atoms with E-state index in [0.717, 1.165) is 15.6 Å². The van der Waals surface area contributed by atoms with E-state index in [-0.39, 0.29) is 23.3 Å². The molecule has 1 N–H and O–H groups in total. The molecule has 0 aliphatic heterocycles. The van der Waals surface area contributed by atoms with Gasteiger partial charge in [0.15, 0.2) is 0 Å². The zero-order valence-electron chi connectivity index (χ0n) is 16.3. The average Bonchev–Trinajstić information content (AvgIpc) is 3.15. The van der Waals surface area contributed by atoms with Gasteiger partial charge in [-0.1, -0.05) is 43.7 Å². The Balaban J connectivity index is 1.65. The molecule has 0 spiro atoms. The minimum absolute atomic E-state index is 0.0315. The van der Waals surface area contributed by atoms with Gasteiger partial charge < -0.3 is 9.73 Å². The quantitative estimate of drug-likeness (QED) is 0.570. The van der Waals surface area contributed by atoms with Gasteiger partial charge in [0.05, 0.1) is 6.20 Å². The normalized spacial score (nSPS) is 11.2. The van der Waals surface area contributed by atoms with Crippen molar-refractivity contribution in [3.8, 4) is 11.5 Å². The minimum Gasteiger partial charge on any atom is -0.403 e. The SMILES string of the molecule is Cc1cccc(C(=O)Nc2cnc3oc(-c4ccc(C(C)C)cc4)nn3c2=O)c1. The summed E-state index contributed by atoms with van der Waals surface area (Å²) in [5, 5.41) is 6.83. The number of anilines is 1. The van der Waals surface area contributed by atoms with E-state index in [2.05, 4.69) is 29.2 Å². The van der Waals surface area contributed by atoms with Crippen LogP contribution in [0.3, 0.4) is 0 Å². The second-order valence-electron chi connectivity index (χ2n) is 7.18. The third-order valence-corrected chi connectivity index (χ3v) is 4.64. The number of amides is 1. The summed E-state index contributed by atoms with van der Waals surface area (Å²) in [7, 11) is 0. The zero-order chi connectivity index (χ0) is 20.5. The Hall–Kier alpha value is -3.74. The summed E-state index contributed by atoms with van der Waals surface area (Å²) in [6.07, 6.45) is 1.28. The van der Waals surface area contributed by atoms with Crippen molar-refractivity contribution < 1.29 is 9.21 Å². The highest BCUT2D eigenvalue weighted by Crippen LogP contribution is 2.22. The molecule has 0 atom stereocenters. The standard InChI is InChI=1S/C22H20N4O3/c1-13(2)15-7-9-16(10-8-15)20-25-26-21(28)18(12-23-22(26)29-20)24-19(27)17-6-4-5-14(3)11-17/h4-13H,1-3H3,(H,24,27). The first-order valence-corrected chi connectivity index (χ1v) is 9.29. The number of fused-ring (bicyclic) bond motifs is 1. The lowest BCUT2D eigenvalue weighted by Crippen LogP contribution is -2.23. The molecule has 7 nitrogen and oxygen atoms in total. The molecular weight excluding hydrogens is 368 g/mol. The molecule has 4 aromatic rings. The zero-order valence-corrected chi connectivity index (χ0v) is 16.3. The summed E-state index contributed by atoms with van der Waals surface area (Å²) in [6, 6.07) is 14.9. The van der Waals surface area contributed by atoms with Crippen LogP contribution in [0.5, 0.6) is 0 Å². The van der Waals surface area contributed by atoms with Crippen molar-refractivity contribution in [3.63, 3.8) is 0 Å². The van der Waals surface area contributed by atoms with Gasteiger partial charge in [0.1, 0.15) is 5.69 Å². The molecule has 2 heterocycles. The van der Waals surface area contributed by atoms with E-state index >= 15 is 0 Å². The number of benzene rings is 2. The summed E-state index contributed by atoms with van der Waals surface area (Å²) in [5.74, 6) is 0.371. The van der Waals surface area contributed by atoms with Gasteiger partial charge in [-0.05, 0) is 42.7 Å². The van der Waals surface area contributed by atoms with Crippen LogP contribution in [0.1, 0.15) is 41.3 Å². The second-order valence-corrected chi connectivity index (χ2v) is 7.18. The first-order valence-electron chi connectivity index (χ1n) is 9.29. The maximum absolute atomic E-state index is 12.7. The molecular formula is C22H20N4O3. The number of carbonyl (C=O) groups is 1. The molecule has 1 amide bonds. The fraction of sp³-hybridized carbons (Fsp3) is 0.182. The lowest BCUT2D eigenvalue weighted by molar-refractivity contribution is 0.102. The third kappa shape index (κ3) is 3.67. The lowest BCUT2D eigenvalue weighted by atomic mass is 10.0. The van der Waals surface area contributed by atoms with Gasteiger partial charge in [0, 0.05) is 11.1 Å². The molecule has 0 radical (unpaired) electrons. The van der Waals surface area contributed by atoms with Gasteiger partial charge in [0.25, 0.3) is 5.91 Å². The van der Waals surface area contributed by atoms with Crippen molar-refractivity contribution in [2.24, 2.45) is 0 Å². The topological polar surface area (TPSA) is 89.5 Å². The van der Waals surface area contributed by atoms with E-state index in [1.54, 1.807) is 18.2 Å². The first kappa shape index (κ1) is 18.6. The predicted octanol–water partition coefficient (Wildman–Crippen LogP) is 4.03.